The Balaban J connectivity index is 1.98. The van der Waals surface area contributed by atoms with Gasteiger partial charge >= 0.3 is 0 Å². The largest absolute Gasteiger partial charge is 0.491 e. The molecule has 2 nitrogen and oxygen atoms in total. The number of benzene rings is 2. The summed E-state index contributed by atoms with van der Waals surface area (Å²) in [7, 11) is 0. The van der Waals surface area contributed by atoms with Gasteiger partial charge in [-0.05, 0) is 82.6 Å². The average molecular weight is 330 g/mol. The normalized spacial score (nSPS) is 11.6. The van der Waals surface area contributed by atoms with Gasteiger partial charge in [-0.2, -0.15) is 0 Å². The van der Waals surface area contributed by atoms with Gasteiger partial charge in [0.15, 0.2) is 0 Å². The molecule has 0 amide bonds. The van der Waals surface area contributed by atoms with Gasteiger partial charge in [0, 0.05) is 9.79 Å². The van der Waals surface area contributed by atoms with Crippen molar-refractivity contribution in [3.8, 4) is 11.5 Å². The minimum absolute atomic E-state index is 0.124. The lowest BCUT2D eigenvalue weighted by Crippen LogP contribution is -2.26. The van der Waals surface area contributed by atoms with Crippen LogP contribution in [-0.2, 0) is 0 Å². The summed E-state index contributed by atoms with van der Waals surface area (Å²) in [6.07, 6.45) is 1.18. The Labute approximate surface area is 144 Å². The molecule has 0 aliphatic carbocycles. The van der Waals surface area contributed by atoms with Crippen LogP contribution in [0.5, 0.6) is 11.5 Å². The van der Waals surface area contributed by atoms with Gasteiger partial charge in [-0.1, -0.05) is 18.7 Å². The maximum Gasteiger partial charge on any atom is 0.120 e. The predicted molar refractivity (Wildman–Crippen MR) is 97.8 cm³/mol. The lowest BCUT2D eigenvalue weighted by Gasteiger charge is -2.24. The maximum absolute atomic E-state index is 5.98. The van der Waals surface area contributed by atoms with E-state index < -0.39 is 0 Å². The van der Waals surface area contributed by atoms with Crippen LogP contribution in [0.1, 0.15) is 41.0 Å². The van der Waals surface area contributed by atoms with Gasteiger partial charge in [-0.3, -0.25) is 0 Å². The van der Waals surface area contributed by atoms with E-state index in [0.29, 0.717) is 0 Å². The molecule has 0 spiro atoms. The molecule has 0 N–H and O–H groups in total. The zero-order valence-corrected chi connectivity index (χ0v) is 15.4. The highest BCUT2D eigenvalue weighted by Gasteiger charge is 2.16. The van der Waals surface area contributed by atoms with Crippen LogP contribution in [0.4, 0.5) is 0 Å². The Kier molecular flexibility index (Phi) is 6.00. The van der Waals surface area contributed by atoms with E-state index in [-0.39, 0.29) is 11.7 Å². The van der Waals surface area contributed by atoms with Crippen LogP contribution < -0.4 is 9.47 Å². The molecule has 0 radical (unpaired) electrons. The van der Waals surface area contributed by atoms with Crippen LogP contribution in [0.3, 0.4) is 0 Å². The third kappa shape index (κ3) is 5.83. The molecule has 0 saturated carbocycles. The lowest BCUT2D eigenvalue weighted by molar-refractivity contribution is 0.105. The van der Waals surface area contributed by atoms with Crippen molar-refractivity contribution in [2.24, 2.45) is 0 Å². The minimum atomic E-state index is -0.124. The second-order valence-corrected chi connectivity index (χ2v) is 7.57. The number of hydrogen-bond acceptors (Lipinski definition) is 3. The smallest absolute Gasteiger partial charge is 0.120 e. The Bertz CT molecular complexity index is 601. The van der Waals surface area contributed by atoms with E-state index in [9.17, 15) is 0 Å². The summed E-state index contributed by atoms with van der Waals surface area (Å²) in [5.74, 6) is 1.83. The summed E-state index contributed by atoms with van der Waals surface area (Å²) in [5, 5.41) is 0. The zero-order valence-electron chi connectivity index (χ0n) is 14.6. The second kappa shape index (κ2) is 7.78. The molecule has 0 aromatic heterocycles. The van der Waals surface area contributed by atoms with Crippen molar-refractivity contribution in [1.82, 2.24) is 0 Å². The third-order valence-corrected chi connectivity index (χ3v) is 4.52. The Morgan fingerprint density at radius 2 is 1.35 bits per heavy atom. The summed E-state index contributed by atoms with van der Waals surface area (Å²) < 4.78 is 11.6. The van der Waals surface area contributed by atoms with Gasteiger partial charge in [-0.25, -0.2) is 0 Å². The Morgan fingerprint density at radius 1 is 0.870 bits per heavy atom. The summed E-state index contributed by atoms with van der Waals surface area (Å²) in [4.78, 5) is 2.40. The SMILES string of the molecule is CCC(C)(C)Oc1ccc(Sc2ccc(OC(C)C)cc2)cc1. The molecule has 0 saturated heterocycles. The van der Waals surface area contributed by atoms with Crippen molar-refractivity contribution >= 4 is 11.8 Å². The summed E-state index contributed by atoms with van der Waals surface area (Å²) in [5.41, 5.74) is -0.124. The molecule has 0 bridgehead atoms. The van der Waals surface area contributed by atoms with E-state index in [1.807, 2.05) is 38.1 Å². The average Bonchev–Trinajstić information content (AvgIpc) is 2.50. The van der Waals surface area contributed by atoms with Gasteiger partial charge in [0.05, 0.1) is 6.10 Å². The van der Waals surface area contributed by atoms with Crippen molar-refractivity contribution in [2.45, 2.75) is 62.5 Å². The van der Waals surface area contributed by atoms with Crippen LogP contribution in [0.2, 0.25) is 0 Å². The van der Waals surface area contributed by atoms with Crippen molar-refractivity contribution in [2.75, 3.05) is 0 Å². The van der Waals surface area contributed by atoms with Crippen molar-refractivity contribution in [3.63, 3.8) is 0 Å². The highest BCUT2D eigenvalue weighted by atomic mass is 32.2. The molecule has 0 unspecified atom stereocenters. The molecule has 0 fully saturated rings. The van der Waals surface area contributed by atoms with Gasteiger partial charge in [0.1, 0.15) is 17.1 Å². The molecular weight excluding hydrogens is 304 g/mol. The molecular formula is C20H26O2S. The minimum Gasteiger partial charge on any atom is -0.491 e. The fraction of sp³-hybridized carbons (Fsp3) is 0.400. The molecule has 0 heterocycles. The molecule has 0 atom stereocenters. The first kappa shape index (κ1) is 17.7. The van der Waals surface area contributed by atoms with Gasteiger partial charge in [0.25, 0.3) is 0 Å². The zero-order chi connectivity index (χ0) is 16.9. The van der Waals surface area contributed by atoms with Gasteiger partial charge < -0.3 is 9.47 Å². The van der Waals surface area contributed by atoms with E-state index in [4.69, 9.17) is 9.47 Å². The third-order valence-electron chi connectivity index (χ3n) is 3.50. The first-order chi connectivity index (χ1) is 10.9. The van der Waals surface area contributed by atoms with Crippen LogP contribution in [0.15, 0.2) is 58.3 Å². The van der Waals surface area contributed by atoms with Crippen LogP contribution in [-0.4, -0.2) is 11.7 Å². The van der Waals surface area contributed by atoms with Gasteiger partial charge in [-0.15, -0.1) is 0 Å². The summed E-state index contributed by atoms with van der Waals surface area (Å²) in [6.45, 7) is 10.4. The molecule has 2 rings (SSSR count). The quantitative estimate of drug-likeness (QED) is 0.603. The number of ether oxygens (including phenoxy) is 2. The predicted octanol–water partition coefficient (Wildman–Crippen LogP) is 6.19. The second-order valence-electron chi connectivity index (χ2n) is 6.43. The highest BCUT2D eigenvalue weighted by Crippen LogP contribution is 2.31. The van der Waals surface area contributed by atoms with Crippen molar-refractivity contribution < 1.29 is 9.47 Å². The Morgan fingerprint density at radius 3 is 1.78 bits per heavy atom. The fourth-order valence-corrected chi connectivity index (χ4v) is 2.78. The monoisotopic (exact) mass is 330 g/mol. The maximum atomic E-state index is 5.98. The first-order valence-corrected chi connectivity index (χ1v) is 8.93. The summed E-state index contributed by atoms with van der Waals surface area (Å²) >= 11 is 1.74. The van der Waals surface area contributed by atoms with E-state index in [2.05, 4.69) is 45.0 Å². The van der Waals surface area contributed by atoms with E-state index in [0.717, 1.165) is 17.9 Å². The molecule has 2 aromatic carbocycles. The molecule has 0 aliphatic rings. The number of hydrogen-bond donors (Lipinski definition) is 0. The van der Waals surface area contributed by atoms with Crippen LogP contribution >= 0.6 is 11.8 Å². The fourth-order valence-electron chi connectivity index (χ4n) is 1.96. The molecule has 0 aliphatic heterocycles. The Hall–Kier alpha value is -1.61. The van der Waals surface area contributed by atoms with E-state index in [1.165, 1.54) is 9.79 Å². The molecule has 3 heteroatoms. The lowest BCUT2D eigenvalue weighted by atomic mass is 10.1. The highest BCUT2D eigenvalue weighted by molar-refractivity contribution is 7.99. The molecule has 23 heavy (non-hydrogen) atoms. The van der Waals surface area contributed by atoms with Crippen LogP contribution in [0, 0.1) is 0 Å². The molecule has 124 valence electrons. The summed E-state index contributed by atoms with van der Waals surface area (Å²) in [6, 6.07) is 16.5. The topological polar surface area (TPSA) is 18.5 Å². The molecule has 2 aromatic rings. The van der Waals surface area contributed by atoms with Crippen LogP contribution in [0.25, 0.3) is 0 Å². The van der Waals surface area contributed by atoms with E-state index in [1.54, 1.807) is 11.8 Å². The van der Waals surface area contributed by atoms with Crippen molar-refractivity contribution in [1.29, 1.82) is 0 Å². The number of rotatable bonds is 7. The first-order valence-electron chi connectivity index (χ1n) is 8.11. The standard InChI is InChI=1S/C20H26O2S/c1-6-20(4,5)22-17-9-13-19(14-10-17)23-18-11-7-16(8-12-18)21-15(2)3/h7-15H,6H2,1-5H3. The van der Waals surface area contributed by atoms with Crippen molar-refractivity contribution in [3.05, 3.63) is 48.5 Å². The van der Waals surface area contributed by atoms with Gasteiger partial charge in [0.2, 0.25) is 0 Å². The van der Waals surface area contributed by atoms with E-state index >= 15 is 0 Å².